The molecule has 4 amide bonds. The quantitative estimate of drug-likeness (QED) is 0.461. The summed E-state index contributed by atoms with van der Waals surface area (Å²) < 4.78 is 62.9. The van der Waals surface area contributed by atoms with Crippen molar-refractivity contribution in [2.45, 2.75) is 76.1 Å². The van der Waals surface area contributed by atoms with Crippen LogP contribution in [0.5, 0.6) is 5.75 Å². The predicted octanol–water partition coefficient (Wildman–Crippen LogP) is 3.96. The number of nitrogens with zero attached hydrogens (tertiary/aromatic N) is 4. The van der Waals surface area contributed by atoms with Gasteiger partial charge in [0.2, 0.25) is 17.4 Å². The van der Waals surface area contributed by atoms with Crippen molar-refractivity contribution >= 4 is 29.4 Å². The Labute approximate surface area is 285 Å². The van der Waals surface area contributed by atoms with Gasteiger partial charge in [-0.2, -0.15) is 18.4 Å². The van der Waals surface area contributed by atoms with Crippen molar-refractivity contribution in [3.05, 3.63) is 53.7 Å². The van der Waals surface area contributed by atoms with E-state index in [4.69, 9.17) is 4.74 Å². The van der Waals surface area contributed by atoms with Crippen molar-refractivity contribution in [1.82, 2.24) is 20.1 Å². The first-order valence-electron chi connectivity index (χ1n) is 16.6. The average molecular weight is 697 g/mol. The molecule has 9 atom stereocenters. The van der Waals surface area contributed by atoms with E-state index in [1.54, 1.807) is 32.9 Å². The van der Waals surface area contributed by atoms with Gasteiger partial charge in [-0.25, -0.2) is 9.37 Å². The second-order valence-corrected chi connectivity index (χ2v) is 15.1. The van der Waals surface area contributed by atoms with Crippen molar-refractivity contribution in [3.63, 3.8) is 0 Å². The number of fused-ring (bicyclic) bond motifs is 6. The van der Waals surface area contributed by atoms with Gasteiger partial charge in [-0.3, -0.25) is 19.2 Å². The normalized spacial score (nSPS) is 31.8. The maximum atomic E-state index is 15.4. The maximum Gasteiger partial charge on any atom is 0.417 e. The number of pyridine rings is 1. The summed E-state index contributed by atoms with van der Waals surface area (Å²) in [7, 11) is 0. The number of hydrogen-bond acceptors (Lipinski definition) is 7. The fourth-order valence-electron chi connectivity index (χ4n) is 8.87. The summed E-state index contributed by atoms with van der Waals surface area (Å²) in [5.41, 5.74) is -4.48. The smallest absolute Gasteiger partial charge is 0.417 e. The van der Waals surface area contributed by atoms with Crippen LogP contribution in [0.3, 0.4) is 0 Å². The highest BCUT2D eigenvalue weighted by Gasteiger charge is 2.65. The Hall–Kier alpha value is -4.74. The lowest BCUT2D eigenvalue weighted by Crippen LogP contribution is -2.60. The van der Waals surface area contributed by atoms with Gasteiger partial charge in [0.15, 0.2) is 11.6 Å². The number of halogens is 4. The minimum absolute atomic E-state index is 0.0710. The van der Waals surface area contributed by atoms with Gasteiger partial charge in [-0.15, -0.1) is 0 Å². The van der Waals surface area contributed by atoms with Crippen LogP contribution in [0.2, 0.25) is 0 Å². The molecule has 0 radical (unpaired) electrons. The lowest BCUT2D eigenvalue weighted by molar-refractivity contribution is -0.149. The summed E-state index contributed by atoms with van der Waals surface area (Å²) in [5.74, 6) is -4.05. The van der Waals surface area contributed by atoms with E-state index < -0.39 is 88.1 Å². The third-order valence-corrected chi connectivity index (χ3v) is 11.2. The molecule has 1 aromatic heterocycles. The van der Waals surface area contributed by atoms with E-state index in [2.05, 4.69) is 21.7 Å². The molecule has 2 saturated carbocycles. The van der Waals surface area contributed by atoms with Crippen molar-refractivity contribution in [1.29, 1.82) is 5.26 Å². The summed E-state index contributed by atoms with van der Waals surface area (Å²) in [4.78, 5) is 62.8. The number of nitriles is 1. The van der Waals surface area contributed by atoms with Crippen molar-refractivity contribution in [2.24, 2.45) is 29.1 Å². The first-order valence-corrected chi connectivity index (χ1v) is 16.6. The first kappa shape index (κ1) is 33.7. The van der Waals surface area contributed by atoms with Crippen LogP contribution >= 0.6 is 0 Å². The summed E-state index contributed by atoms with van der Waals surface area (Å²) in [5, 5.41) is 15.4. The standard InChI is InChI=1S/C35H36F4N6O5/c1-33(2,3)27(42-29(46)19-7-4-5-8-22(19)35(37,38)39)31(48)44-15-21-17-11-20(23(36)12-17)25(21)26(44)30(47)45-16-34(13-18(45)14-40)32(49)43-28-24(50-34)9-6-10-41-28/h4-10,17-18,20-21,23,25-27H,11-13,15-16H2,1-3H3,(H,42,46)(H,41,43,49). The summed E-state index contributed by atoms with van der Waals surface area (Å²) in [6.07, 6.45) is -3.89. The molecule has 264 valence electrons. The van der Waals surface area contributed by atoms with Crippen LogP contribution in [0.4, 0.5) is 23.4 Å². The molecule has 4 fully saturated rings. The summed E-state index contributed by atoms with van der Waals surface area (Å²) in [6.45, 7) is 4.68. The third-order valence-electron chi connectivity index (χ3n) is 11.2. The average Bonchev–Trinajstić information content (AvgIpc) is 3.82. The van der Waals surface area contributed by atoms with Crippen LogP contribution in [0.15, 0.2) is 42.6 Å². The number of anilines is 1. The van der Waals surface area contributed by atoms with E-state index in [1.807, 2.05) is 0 Å². The van der Waals surface area contributed by atoms with E-state index in [9.17, 15) is 37.6 Å². The molecule has 9 unspecified atom stereocenters. The van der Waals surface area contributed by atoms with Crippen LogP contribution in [0.1, 0.15) is 56.0 Å². The third kappa shape index (κ3) is 5.34. The molecule has 2 N–H and O–H groups in total. The molecular weight excluding hydrogens is 660 g/mol. The van der Waals surface area contributed by atoms with Crippen LogP contribution in [0, 0.1) is 40.4 Å². The molecule has 2 saturated heterocycles. The second kappa shape index (κ2) is 11.7. The number of nitrogens with one attached hydrogen (secondary N) is 2. The molecule has 50 heavy (non-hydrogen) atoms. The molecule has 2 aromatic rings. The Morgan fingerprint density at radius 3 is 2.54 bits per heavy atom. The zero-order valence-electron chi connectivity index (χ0n) is 27.5. The zero-order chi connectivity index (χ0) is 35.9. The van der Waals surface area contributed by atoms with Gasteiger partial charge in [-0.1, -0.05) is 32.9 Å². The number of benzene rings is 1. The van der Waals surface area contributed by atoms with Crippen molar-refractivity contribution < 1.29 is 41.5 Å². The Morgan fingerprint density at radius 1 is 1.10 bits per heavy atom. The van der Waals surface area contributed by atoms with E-state index in [-0.39, 0.29) is 49.3 Å². The van der Waals surface area contributed by atoms with Gasteiger partial charge in [0.05, 0.1) is 23.7 Å². The number of carbonyl (C=O) groups is 4. The molecule has 5 aliphatic rings. The van der Waals surface area contributed by atoms with Gasteiger partial charge in [0, 0.05) is 19.2 Å². The summed E-state index contributed by atoms with van der Waals surface area (Å²) in [6, 6.07) is 5.81. The molecule has 3 aliphatic heterocycles. The SMILES string of the molecule is CC(C)(C)C(NC(=O)c1ccccc1C(F)(F)F)C(=O)N1CC2C3CC(F)C(C3)C2C1C(=O)N1CC2(CC1C#N)Oc1cccnc1NC2=O. The number of carbonyl (C=O) groups excluding carboxylic acids is 4. The Bertz CT molecular complexity index is 1810. The number of alkyl halides is 4. The van der Waals surface area contributed by atoms with Crippen LogP contribution < -0.4 is 15.4 Å². The van der Waals surface area contributed by atoms with Gasteiger partial charge in [0.1, 0.15) is 24.3 Å². The molecule has 1 spiro atoms. The topological polar surface area (TPSA) is 145 Å². The zero-order valence-corrected chi connectivity index (χ0v) is 27.5. The number of rotatable bonds is 4. The highest BCUT2D eigenvalue weighted by Crippen LogP contribution is 2.59. The minimum atomic E-state index is -4.83. The molecule has 4 heterocycles. The maximum absolute atomic E-state index is 15.4. The van der Waals surface area contributed by atoms with Crippen molar-refractivity contribution in [3.8, 4) is 11.8 Å². The first-order chi connectivity index (χ1) is 23.5. The lowest BCUT2D eigenvalue weighted by Gasteiger charge is -2.39. The highest BCUT2D eigenvalue weighted by atomic mass is 19.4. The number of ether oxygens (including phenoxy) is 1. The number of amides is 4. The second-order valence-electron chi connectivity index (χ2n) is 15.1. The molecular formula is C35H36F4N6O5. The van der Waals surface area contributed by atoms with E-state index >= 15 is 4.39 Å². The van der Waals surface area contributed by atoms with Crippen LogP contribution in [-0.2, 0) is 20.6 Å². The van der Waals surface area contributed by atoms with Gasteiger partial charge in [0.25, 0.3) is 11.8 Å². The van der Waals surface area contributed by atoms with Crippen LogP contribution in [-0.4, -0.2) is 81.4 Å². The van der Waals surface area contributed by atoms with E-state index in [0.29, 0.717) is 6.42 Å². The Kier molecular flexibility index (Phi) is 7.87. The predicted molar refractivity (Wildman–Crippen MR) is 168 cm³/mol. The van der Waals surface area contributed by atoms with Crippen molar-refractivity contribution in [2.75, 3.05) is 18.4 Å². The molecule has 15 heteroatoms. The highest BCUT2D eigenvalue weighted by molar-refractivity contribution is 6.02. The fraction of sp³-hybridized carbons (Fsp3) is 0.543. The van der Waals surface area contributed by atoms with Crippen LogP contribution in [0.25, 0.3) is 0 Å². The molecule has 1 aromatic carbocycles. The monoisotopic (exact) mass is 696 g/mol. The van der Waals surface area contributed by atoms with Gasteiger partial charge < -0.3 is 25.2 Å². The minimum Gasteiger partial charge on any atom is -0.472 e. The number of hydrogen-bond donors (Lipinski definition) is 2. The lowest BCUT2D eigenvalue weighted by atomic mass is 9.77. The van der Waals surface area contributed by atoms with Gasteiger partial charge in [-0.05, 0) is 66.2 Å². The number of aromatic nitrogens is 1. The Balaban J connectivity index is 1.22. The van der Waals surface area contributed by atoms with E-state index in [1.165, 1.54) is 22.1 Å². The number of likely N-dealkylation sites (tertiary alicyclic amines) is 2. The van der Waals surface area contributed by atoms with E-state index in [0.717, 1.165) is 18.2 Å². The molecule has 2 bridgehead atoms. The molecule has 7 rings (SSSR count). The Morgan fingerprint density at radius 2 is 1.84 bits per heavy atom. The fourth-order valence-corrected chi connectivity index (χ4v) is 8.87. The van der Waals surface area contributed by atoms with Gasteiger partial charge >= 0.3 is 6.18 Å². The molecule has 11 nitrogen and oxygen atoms in total. The molecule has 2 aliphatic carbocycles. The summed E-state index contributed by atoms with van der Waals surface area (Å²) >= 11 is 0. The largest absolute Gasteiger partial charge is 0.472 e.